The van der Waals surface area contributed by atoms with Crippen LogP contribution < -0.4 is 5.32 Å². The number of nitrogens with one attached hydrogen (secondary N) is 1. The van der Waals surface area contributed by atoms with E-state index in [2.05, 4.69) is 5.32 Å². The third-order valence-corrected chi connectivity index (χ3v) is 2.74. The van der Waals surface area contributed by atoms with Crippen LogP contribution in [-0.2, 0) is 9.53 Å². The highest BCUT2D eigenvalue weighted by Crippen LogP contribution is 2.13. The van der Waals surface area contributed by atoms with Crippen molar-refractivity contribution in [1.29, 1.82) is 0 Å². The summed E-state index contributed by atoms with van der Waals surface area (Å²) in [6, 6.07) is 15.8. The second-order valence-corrected chi connectivity index (χ2v) is 4.25. The average molecular weight is 269 g/mol. The van der Waals surface area contributed by atoms with Crippen LogP contribution in [0.5, 0.6) is 0 Å². The first-order valence-corrected chi connectivity index (χ1v) is 6.19. The highest BCUT2D eigenvalue weighted by atomic mass is 16.5. The van der Waals surface area contributed by atoms with E-state index in [9.17, 15) is 9.59 Å². The van der Waals surface area contributed by atoms with Crippen LogP contribution in [-0.4, -0.2) is 25.4 Å². The highest BCUT2D eigenvalue weighted by Gasteiger charge is 2.08. The van der Waals surface area contributed by atoms with Crippen molar-refractivity contribution in [2.24, 2.45) is 0 Å². The molecule has 0 saturated heterocycles. The summed E-state index contributed by atoms with van der Waals surface area (Å²) in [6.45, 7) is 0.00466. The number of carbonyl (C=O) groups is 2. The Morgan fingerprint density at radius 2 is 1.55 bits per heavy atom. The van der Waals surface area contributed by atoms with Gasteiger partial charge < -0.3 is 10.1 Å². The zero-order valence-corrected chi connectivity index (χ0v) is 11.1. The summed E-state index contributed by atoms with van der Waals surface area (Å²) in [6.07, 6.45) is 0. The van der Waals surface area contributed by atoms with Crippen molar-refractivity contribution in [3.8, 4) is 0 Å². The molecular formula is C16H15NO3. The molecule has 1 amide bonds. The molecule has 0 spiro atoms. The summed E-state index contributed by atoms with van der Waals surface area (Å²) >= 11 is 0. The van der Waals surface area contributed by atoms with Gasteiger partial charge in [0.15, 0.2) is 5.78 Å². The zero-order chi connectivity index (χ0) is 14.4. The number of amides is 1. The number of methoxy groups -OCH3 is 1. The quantitative estimate of drug-likeness (QED) is 0.848. The van der Waals surface area contributed by atoms with Gasteiger partial charge >= 0.3 is 0 Å². The fourth-order valence-electron chi connectivity index (χ4n) is 1.79. The molecule has 0 aliphatic heterocycles. The fraction of sp³-hybridized carbons (Fsp3) is 0.125. The van der Waals surface area contributed by atoms with Gasteiger partial charge in [-0.05, 0) is 24.3 Å². The number of rotatable bonds is 5. The molecule has 102 valence electrons. The van der Waals surface area contributed by atoms with E-state index < -0.39 is 0 Å². The van der Waals surface area contributed by atoms with Crippen molar-refractivity contribution in [2.45, 2.75) is 0 Å². The first kappa shape index (κ1) is 14.0. The van der Waals surface area contributed by atoms with Gasteiger partial charge in [-0.25, -0.2) is 0 Å². The van der Waals surface area contributed by atoms with Crippen LogP contribution in [0.3, 0.4) is 0 Å². The maximum Gasteiger partial charge on any atom is 0.250 e. The summed E-state index contributed by atoms with van der Waals surface area (Å²) in [5.41, 5.74) is 1.86. The molecular weight excluding hydrogens is 254 g/mol. The summed E-state index contributed by atoms with van der Waals surface area (Å²) in [7, 11) is 1.46. The molecule has 0 aliphatic carbocycles. The molecule has 0 aliphatic rings. The van der Waals surface area contributed by atoms with E-state index in [1.807, 2.05) is 18.2 Å². The van der Waals surface area contributed by atoms with E-state index >= 15 is 0 Å². The van der Waals surface area contributed by atoms with Gasteiger partial charge in [-0.15, -0.1) is 0 Å². The maximum atomic E-state index is 12.2. The van der Waals surface area contributed by atoms with Gasteiger partial charge in [0.2, 0.25) is 5.91 Å². The van der Waals surface area contributed by atoms with E-state index in [1.54, 1.807) is 36.4 Å². The molecule has 0 heterocycles. The van der Waals surface area contributed by atoms with Crippen molar-refractivity contribution < 1.29 is 14.3 Å². The van der Waals surface area contributed by atoms with Crippen molar-refractivity contribution in [1.82, 2.24) is 0 Å². The summed E-state index contributed by atoms with van der Waals surface area (Å²) in [5, 5.41) is 2.67. The van der Waals surface area contributed by atoms with Crippen molar-refractivity contribution in [3.63, 3.8) is 0 Å². The topological polar surface area (TPSA) is 55.4 Å². The van der Waals surface area contributed by atoms with Crippen molar-refractivity contribution in [2.75, 3.05) is 19.0 Å². The maximum absolute atomic E-state index is 12.2. The number of hydrogen-bond donors (Lipinski definition) is 1. The van der Waals surface area contributed by atoms with Gasteiger partial charge in [0.05, 0.1) is 0 Å². The lowest BCUT2D eigenvalue weighted by atomic mass is 10.0. The molecule has 4 heteroatoms. The van der Waals surface area contributed by atoms with Crippen LogP contribution in [0.1, 0.15) is 15.9 Å². The molecule has 1 N–H and O–H groups in total. The van der Waals surface area contributed by atoms with Crippen LogP contribution in [0.15, 0.2) is 54.6 Å². The highest BCUT2D eigenvalue weighted by molar-refractivity contribution is 6.09. The predicted octanol–water partition coefficient (Wildman–Crippen LogP) is 2.50. The van der Waals surface area contributed by atoms with Crippen LogP contribution in [0.2, 0.25) is 0 Å². The second kappa shape index (κ2) is 6.63. The summed E-state index contributed by atoms with van der Waals surface area (Å²) in [4.78, 5) is 23.5. The van der Waals surface area contributed by atoms with Crippen LogP contribution in [0.4, 0.5) is 5.69 Å². The van der Waals surface area contributed by atoms with E-state index in [0.717, 1.165) is 0 Å². The lowest BCUT2D eigenvalue weighted by molar-refractivity contribution is -0.119. The average Bonchev–Trinajstić information content (AvgIpc) is 2.48. The Kier molecular flexibility index (Phi) is 4.63. The number of carbonyl (C=O) groups excluding carboxylic acids is 2. The molecule has 0 bridgehead atoms. The molecule has 2 aromatic carbocycles. The Labute approximate surface area is 117 Å². The molecule has 2 aromatic rings. The largest absolute Gasteiger partial charge is 0.375 e. The van der Waals surface area contributed by atoms with Gasteiger partial charge in [-0.3, -0.25) is 9.59 Å². The lowest BCUT2D eigenvalue weighted by Gasteiger charge is -2.06. The lowest BCUT2D eigenvalue weighted by Crippen LogP contribution is -2.17. The fourth-order valence-corrected chi connectivity index (χ4v) is 1.79. The third-order valence-electron chi connectivity index (χ3n) is 2.74. The van der Waals surface area contributed by atoms with Gasteiger partial charge in [0, 0.05) is 23.9 Å². The monoisotopic (exact) mass is 269 g/mol. The molecule has 20 heavy (non-hydrogen) atoms. The minimum absolute atomic E-state index is 0.00466. The van der Waals surface area contributed by atoms with E-state index in [4.69, 9.17) is 4.74 Å². The van der Waals surface area contributed by atoms with E-state index in [1.165, 1.54) is 7.11 Å². The molecule has 0 unspecified atom stereocenters. The first-order valence-electron chi connectivity index (χ1n) is 6.19. The zero-order valence-electron chi connectivity index (χ0n) is 11.1. The second-order valence-electron chi connectivity index (χ2n) is 4.25. The number of hydrogen-bond acceptors (Lipinski definition) is 3. The molecule has 0 atom stereocenters. The number of benzene rings is 2. The summed E-state index contributed by atoms with van der Waals surface area (Å²) < 4.78 is 4.73. The van der Waals surface area contributed by atoms with Gasteiger partial charge in [-0.2, -0.15) is 0 Å². The molecule has 2 rings (SSSR count). The normalized spacial score (nSPS) is 10.1. The Morgan fingerprint density at radius 1 is 0.950 bits per heavy atom. The van der Waals surface area contributed by atoms with Crippen molar-refractivity contribution >= 4 is 17.4 Å². The minimum Gasteiger partial charge on any atom is -0.375 e. The Morgan fingerprint density at radius 3 is 2.15 bits per heavy atom. The molecule has 0 aromatic heterocycles. The SMILES string of the molecule is COCC(=O)Nc1ccc(C(=O)c2ccccc2)cc1. The molecule has 0 radical (unpaired) electrons. The van der Waals surface area contributed by atoms with E-state index in [-0.39, 0.29) is 18.3 Å². The van der Waals surface area contributed by atoms with Gasteiger partial charge in [-0.1, -0.05) is 30.3 Å². The van der Waals surface area contributed by atoms with E-state index in [0.29, 0.717) is 16.8 Å². The van der Waals surface area contributed by atoms with Gasteiger partial charge in [0.1, 0.15) is 6.61 Å². The number of ketones is 1. The summed E-state index contributed by atoms with van der Waals surface area (Å²) in [5.74, 6) is -0.269. The Bertz CT molecular complexity index is 591. The van der Waals surface area contributed by atoms with Gasteiger partial charge in [0.25, 0.3) is 0 Å². The number of anilines is 1. The first-order chi connectivity index (χ1) is 9.70. The molecule has 0 fully saturated rings. The molecule has 0 saturated carbocycles. The third kappa shape index (κ3) is 3.52. The van der Waals surface area contributed by atoms with Crippen LogP contribution >= 0.6 is 0 Å². The molecule has 4 nitrogen and oxygen atoms in total. The minimum atomic E-state index is -0.227. The number of ether oxygens (including phenoxy) is 1. The predicted molar refractivity (Wildman–Crippen MR) is 76.8 cm³/mol. The Balaban J connectivity index is 2.08. The van der Waals surface area contributed by atoms with Crippen LogP contribution in [0, 0.1) is 0 Å². The Hall–Kier alpha value is -2.46. The van der Waals surface area contributed by atoms with Crippen LogP contribution in [0.25, 0.3) is 0 Å². The van der Waals surface area contributed by atoms with Crippen molar-refractivity contribution in [3.05, 3.63) is 65.7 Å². The smallest absolute Gasteiger partial charge is 0.250 e. The standard InChI is InChI=1S/C16H15NO3/c1-20-11-15(18)17-14-9-7-13(8-10-14)16(19)12-5-3-2-4-6-12/h2-10H,11H2,1H3,(H,17,18).